The van der Waals surface area contributed by atoms with E-state index >= 15 is 0 Å². The van der Waals surface area contributed by atoms with Gasteiger partial charge in [-0.05, 0) is 33.3 Å². The van der Waals surface area contributed by atoms with Crippen molar-refractivity contribution in [2.45, 2.75) is 34.1 Å². The van der Waals surface area contributed by atoms with Crippen LogP contribution in [0.4, 0.5) is 10.2 Å². The zero-order chi connectivity index (χ0) is 22.1. The third kappa shape index (κ3) is 6.37. The van der Waals surface area contributed by atoms with Gasteiger partial charge in [0.2, 0.25) is 0 Å². The Morgan fingerprint density at radius 1 is 1.23 bits per heavy atom. The van der Waals surface area contributed by atoms with Crippen LogP contribution in [0.15, 0.2) is 66.6 Å². The van der Waals surface area contributed by atoms with Crippen molar-refractivity contribution in [1.29, 1.82) is 0 Å². The van der Waals surface area contributed by atoms with E-state index in [1.807, 2.05) is 51.1 Å². The second-order valence-electron chi connectivity index (χ2n) is 6.97. The molecule has 1 N–H and O–H groups in total. The molecule has 0 saturated carbocycles. The number of aliphatic imine (C=N–C) groups is 1. The summed E-state index contributed by atoms with van der Waals surface area (Å²) in [5.41, 5.74) is 4.35. The van der Waals surface area contributed by atoms with Crippen LogP contribution < -0.4 is 5.32 Å². The third-order valence-corrected chi connectivity index (χ3v) is 4.50. The van der Waals surface area contributed by atoms with Gasteiger partial charge < -0.3 is 10.2 Å². The van der Waals surface area contributed by atoms with Gasteiger partial charge in [-0.3, -0.25) is 4.99 Å². The highest BCUT2D eigenvalue weighted by Gasteiger charge is 2.14. The highest BCUT2D eigenvalue weighted by Crippen LogP contribution is 2.23. The summed E-state index contributed by atoms with van der Waals surface area (Å²) in [6.07, 6.45) is 3.27. The fourth-order valence-corrected chi connectivity index (χ4v) is 3.06. The summed E-state index contributed by atoms with van der Waals surface area (Å²) in [5.74, 6) is 1.04. The standard InChI is InChI=1S/C24H30FN5/c1-7-13-30(16-27-24-14-17(3)28-20(6)29-24)19(5)23-12-10-9-11-22(23)18(4)26-15-21(25)8-2/h8-12,14-15H,2,5,7,13,16H2,1,3-4,6H3,(H,27,28,29)/b21-15+,26-18+. The van der Waals surface area contributed by atoms with E-state index in [4.69, 9.17) is 0 Å². The van der Waals surface area contributed by atoms with Gasteiger partial charge in [0.1, 0.15) is 17.5 Å². The molecule has 0 fully saturated rings. The van der Waals surface area contributed by atoms with Gasteiger partial charge in [0.05, 0.1) is 12.9 Å². The van der Waals surface area contributed by atoms with Gasteiger partial charge in [0.25, 0.3) is 0 Å². The summed E-state index contributed by atoms with van der Waals surface area (Å²) < 4.78 is 13.4. The maximum Gasteiger partial charge on any atom is 0.140 e. The summed E-state index contributed by atoms with van der Waals surface area (Å²) in [6.45, 7) is 16.9. The number of nitrogens with zero attached hydrogens (tertiary/aromatic N) is 4. The second-order valence-corrected chi connectivity index (χ2v) is 6.97. The summed E-state index contributed by atoms with van der Waals surface area (Å²) in [5, 5.41) is 3.37. The van der Waals surface area contributed by atoms with Crippen LogP contribution in [-0.2, 0) is 0 Å². The number of aromatic nitrogens is 2. The lowest BCUT2D eigenvalue weighted by Gasteiger charge is -2.28. The average Bonchev–Trinajstić information content (AvgIpc) is 2.73. The molecule has 0 radical (unpaired) electrons. The van der Waals surface area contributed by atoms with E-state index in [2.05, 4.69) is 45.3 Å². The summed E-state index contributed by atoms with van der Waals surface area (Å²) in [4.78, 5) is 15.2. The number of rotatable bonds is 10. The summed E-state index contributed by atoms with van der Waals surface area (Å²) in [7, 11) is 0. The van der Waals surface area contributed by atoms with Crippen molar-refractivity contribution in [2.24, 2.45) is 4.99 Å². The Balaban J connectivity index is 2.28. The van der Waals surface area contributed by atoms with Crippen LogP contribution in [0.25, 0.3) is 5.70 Å². The normalized spacial score (nSPS) is 11.9. The van der Waals surface area contributed by atoms with Crippen molar-refractivity contribution in [3.8, 4) is 0 Å². The molecule has 0 aliphatic carbocycles. The molecule has 30 heavy (non-hydrogen) atoms. The summed E-state index contributed by atoms with van der Waals surface area (Å²) in [6, 6.07) is 9.80. The fraction of sp³-hybridized carbons (Fsp3) is 0.292. The molecule has 0 aliphatic rings. The minimum atomic E-state index is -0.474. The van der Waals surface area contributed by atoms with Crippen molar-refractivity contribution in [3.63, 3.8) is 0 Å². The SMILES string of the molecule is C=C/C(F)=C\N=C(/C)c1ccccc1C(=C)N(CCC)CNc1cc(C)nc(C)n1. The van der Waals surface area contributed by atoms with Gasteiger partial charge in [-0.15, -0.1) is 0 Å². The molecule has 0 atom stereocenters. The Bertz CT molecular complexity index is 942. The predicted molar refractivity (Wildman–Crippen MR) is 124 cm³/mol. The summed E-state index contributed by atoms with van der Waals surface area (Å²) >= 11 is 0. The molecule has 0 bridgehead atoms. The van der Waals surface area contributed by atoms with Gasteiger partial charge in [-0.25, -0.2) is 14.4 Å². The largest absolute Gasteiger partial charge is 0.354 e. The maximum atomic E-state index is 13.4. The van der Waals surface area contributed by atoms with Gasteiger partial charge in [0.15, 0.2) is 0 Å². The molecule has 2 aromatic rings. The molecule has 0 spiro atoms. The minimum Gasteiger partial charge on any atom is -0.354 e. The molecule has 158 valence electrons. The molecular formula is C24H30FN5. The maximum absolute atomic E-state index is 13.4. The van der Waals surface area contributed by atoms with Crippen LogP contribution in [0.3, 0.4) is 0 Å². The van der Waals surface area contributed by atoms with Gasteiger partial charge in [0, 0.05) is 40.8 Å². The Labute approximate surface area is 178 Å². The lowest BCUT2D eigenvalue weighted by molar-refractivity contribution is 0.423. The first-order chi connectivity index (χ1) is 14.3. The van der Waals surface area contributed by atoms with E-state index in [0.29, 0.717) is 12.4 Å². The molecule has 1 aromatic carbocycles. The molecule has 0 saturated heterocycles. The van der Waals surface area contributed by atoms with Crippen LogP contribution >= 0.6 is 0 Å². The topological polar surface area (TPSA) is 53.4 Å². The Morgan fingerprint density at radius 3 is 2.57 bits per heavy atom. The number of benzene rings is 1. The van der Waals surface area contributed by atoms with Gasteiger partial charge >= 0.3 is 0 Å². The molecule has 2 rings (SSSR count). The van der Waals surface area contributed by atoms with E-state index in [9.17, 15) is 4.39 Å². The first-order valence-corrected chi connectivity index (χ1v) is 9.98. The Kier molecular flexibility index (Phi) is 8.47. The van der Waals surface area contributed by atoms with E-state index in [1.54, 1.807) is 0 Å². The van der Waals surface area contributed by atoms with Crippen molar-refractivity contribution in [2.75, 3.05) is 18.5 Å². The molecule has 0 unspecified atom stereocenters. The Morgan fingerprint density at radius 2 is 1.93 bits per heavy atom. The number of aryl methyl sites for hydroxylation is 2. The molecule has 6 heteroatoms. The molecule has 0 amide bonds. The predicted octanol–water partition coefficient (Wildman–Crippen LogP) is 5.65. The Hall–Kier alpha value is -3.28. The zero-order valence-electron chi connectivity index (χ0n) is 18.2. The van der Waals surface area contributed by atoms with E-state index in [-0.39, 0.29) is 0 Å². The smallest absolute Gasteiger partial charge is 0.140 e. The lowest BCUT2D eigenvalue weighted by Crippen LogP contribution is -2.29. The quantitative estimate of drug-likeness (QED) is 0.314. The monoisotopic (exact) mass is 407 g/mol. The minimum absolute atomic E-state index is 0.474. The molecular weight excluding hydrogens is 377 g/mol. The first-order valence-electron chi connectivity index (χ1n) is 9.98. The van der Waals surface area contributed by atoms with E-state index in [1.165, 1.54) is 6.20 Å². The van der Waals surface area contributed by atoms with Gasteiger partial charge in [-0.2, -0.15) is 0 Å². The molecule has 1 aromatic heterocycles. The van der Waals surface area contributed by atoms with Crippen molar-refractivity contribution >= 4 is 17.2 Å². The number of nitrogens with one attached hydrogen (secondary N) is 1. The zero-order valence-corrected chi connectivity index (χ0v) is 18.2. The van der Waals surface area contributed by atoms with Crippen molar-refractivity contribution in [1.82, 2.24) is 14.9 Å². The number of hydrogen-bond donors (Lipinski definition) is 1. The fourth-order valence-electron chi connectivity index (χ4n) is 3.06. The number of halogens is 1. The highest BCUT2D eigenvalue weighted by atomic mass is 19.1. The number of hydrogen-bond acceptors (Lipinski definition) is 5. The van der Waals surface area contributed by atoms with Crippen molar-refractivity contribution < 1.29 is 4.39 Å². The molecule has 1 heterocycles. The number of allylic oxidation sites excluding steroid dienone is 2. The van der Waals surface area contributed by atoms with Crippen LogP contribution in [0.1, 0.15) is 42.9 Å². The van der Waals surface area contributed by atoms with Crippen LogP contribution in [0, 0.1) is 13.8 Å². The molecule has 5 nitrogen and oxygen atoms in total. The van der Waals surface area contributed by atoms with Crippen LogP contribution in [0.5, 0.6) is 0 Å². The van der Waals surface area contributed by atoms with E-state index in [0.717, 1.165) is 53.2 Å². The van der Waals surface area contributed by atoms with Gasteiger partial charge in [-0.1, -0.05) is 44.3 Å². The second kappa shape index (κ2) is 11.0. The highest BCUT2D eigenvalue weighted by molar-refractivity contribution is 6.03. The average molecular weight is 408 g/mol. The molecule has 0 aliphatic heterocycles. The lowest BCUT2D eigenvalue weighted by atomic mass is 10.0. The number of anilines is 1. The van der Waals surface area contributed by atoms with E-state index < -0.39 is 5.83 Å². The third-order valence-electron chi connectivity index (χ3n) is 4.50. The van der Waals surface area contributed by atoms with Crippen LogP contribution in [-0.4, -0.2) is 33.8 Å². The first kappa shape index (κ1) is 23.0. The van der Waals surface area contributed by atoms with Crippen LogP contribution in [0.2, 0.25) is 0 Å². The van der Waals surface area contributed by atoms with Crippen molar-refractivity contribution in [3.05, 3.63) is 84.2 Å².